The molecule has 0 saturated heterocycles. The number of hydrogen-bond acceptors (Lipinski definition) is 3. The van der Waals surface area contributed by atoms with Crippen molar-refractivity contribution in [1.82, 2.24) is 5.32 Å². The largest absolute Gasteiger partial charge is 0.380 e. The van der Waals surface area contributed by atoms with E-state index in [2.05, 4.69) is 5.32 Å². The summed E-state index contributed by atoms with van der Waals surface area (Å²) < 4.78 is 0. The minimum Gasteiger partial charge on any atom is -0.380 e. The van der Waals surface area contributed by atoms with Crippen LogP contribution >= 0.6 is 0 Å². The number of hydrogen-bond donors (Lipinski definition) is 2. The number of nitrogens with one attached hydrogen (secondary N) is 1. The maximum absolute atomic E-state index is 12.0. The van der Waals surface area contributed by atoms with Crippen molar-refractivity contribution in [2.45, 2.75) is 50.7 Å². The molecule has 1 atom stereocenters. The Kier molecular flexibility index (Phi) is 4.55. The van der Waals surface area contributed by atoms with Gasteiger partial charge in [-0.15, -0.1) is 0 Å². The van der Waals surface area contributed by atoms with Crippen molar-refractivity contribution in [3.05, 3.63) is 35.9 Å². The quantitative estimate of drug-likeness (QED) is 0.808. The first kappa shape index (κ1) is 14.7. The summed E-state index contributed by atoms with van der Waals surface area (Å²) in [4.78, 5) is 24.0. The van der Waals surface area contributed by atoms with Gasteiger partial charge in [0.1, 0.15) is 5.60 Å². The molecule has 1 unspecified atom stereocenters. The van der Waals surface area contributed by atoms with Crippen LogP contribution in [0.25, 0.3) is 0 Å². The molecule has 20 heavy (non-hydrogen) atoms. The molecule has 4 nitrogen and oxygen atoms in total. The van der Waals surface area contributed by atoms with Gasteiger partial charge in [0.15, 0.2) is 5.78 Å². The van der Waals surface area contributed by atoms with E-state index in [1.54, 1.807) is 19.1 Å². The van der Waals surface area contributed by atoms with Gasteiger partial charge in [0.25, 0.3) is 5.91 Å². The Hall–Kier alpha value is -1.68. The average Bonchev–Trinajstić information content (AvgIpc) is 2.88. The molecule has 108 valence electrons. The molecule has 2 rings (SSSR count). The highest BCUT2D eigenvalue weighted by Crippen LogP contribution is 2.29. The highest BCUT2D eigenvalue weighted by Gasteiger charge is 2.39. The molecule has 1 fully saturated rings. The Morgan fingerprint density at radius 1 is 1.25 bits per heavy atom. The van der Waals surface area contributed by atoms with Gasteiger partial charge in [-0.05, 0) is 32.6 Å². The number of carbonyl (C=O) groups is 2. The zero-order valence-electron chi connectivity index (χ0n) is 11.8. The van der Waals surface area contributed by atoms with Gasteiger partial charge in [-0.2, -0.15) is 0 Å². The topological polar surface area (TPSA) is 66.4 Å². The lowest BCUT2D eigenvalue weighted by atomic mass is 9.99. The van der Waals surface area contributed by atoms with Crippen LogP contribution < -0.4 is 5.32 Å². The molecule has 0 heterocycles. The molecule has 1 amide bonds. The lowest BCUT2D eigenvalue weighted by Crippen LogP contribution is -2.48. The maximum atomic E-state index is 12.0. The van der Waals surface area contributed by atoms with Gasteiger partial charge in [-0.25, -0.2) is 0 Å². The fraction of sp³-hybridized carbons (Fsp3) is 0.500. The first-order chi connectivity index (χ1) is 9.51. The predicted octanol–water partition coefficient (Wildman–Crippen LogP) is 2.07. The van der Waals surface area contributed by atoms with Crippen molar-refractivity contribution >= 4 is 11.7 Å². The van der Waals surface area contributed by atoms with Gasteiger partial charge < -0.3 is 10.4 Å². The molecular formula is C16H21NO3. The number of amides is 1. The summed E-state index contributed by atoms with van der Waals surface area (Å²) in [5.74, 6) is -0.347. The molecule has 1 aromatic rings. The lowest BCUT2D eigenvalue weighted by Gasteiger charge is -2.23. The van der Waals surface area contributed by atoms with E-state index in [4.69, 9.17) is 0 Å². The first-order valence-electron chi connectivity index (χ1n) is 7.13. The molecule has 0 spiro atoms. The summed E-state index contributed by atoms with van der Waals surface area (Å²) in [6.45, 7) is 1.79. The van der Waals surface area contributed by atoms with Crippen LogP contribution in [0.15, 0.2) is 30.3 Å². The van der Waals surface area contributed by atoms with Gasteiger partial charge in [0.05, 0.1) is 0 Å². The van der Waals surface area contributed by atoms with E-state index in [-0.39, 0.29) is 24.2 Å². The maximum Gasteiger partial charge on any atom is 0.252 e. The molecule has 0 bridgehead atoms. The SMILES string of the molecule is CC(CC(=O)c1ccccc1)NC(=O)C1(O)CCCC1. The van der Waals surface area contributed by atoms with Crippen LogP contribution in [0.2, 0.25) is 0 Å². The standard InChI is InChI=1S/C16H21NO3/c1-12(11-14(18)13-7-3-2-4-8-13)17-15(19)16(20)9-5-6-10-16/h2-4,7-8,12,20H,5-6,9-11H2,1H3,(H,17,19). The minimum absolute atomic E-state index is 0.00295. The average molecular weight is 275 g/mol. The molecule has 0 aliphatic heterocycles. The third-order valence-electron chi connectivity index (χ3n) is 3.82. The molecule has 1 aliphatic rings. The van der Waals surface area contributed by atoms with Crippen LogP contribution in [-0.4, -0.2) is 28.4 Å². The van der Waals surface area contributed by atoms with Crippen LogP contribution in [0.4, 0.5) is 0 Å². The second kappa shape index (κ2) is 6.18. The molecule has 1 aliphatic carbocycles. The predicted molar refractivity (Wildman–Crippen MR) is 76.4 cm³/mol. The van der Waals surface area contributed by atoms with E-state index in [1.807, 2.05) is 18.2 Å². The summed E-state index contributed by atoms with van der Waals surface area (Å²) in [7, 11) is 0. The Bertz CT molecular complexity index is 478. The Balaban J connectivity index is 1.88. The van der Waals surface area contributed by atoms with Gasteiger partial charge in [0.2, 0.25) is 0 Å². The zero-order chi connectivity index (χ0) is 14.6. The number of aliphatic hydroxyl groups is 1. The highest BCUT2D eigenvalue weighted by molar-refractivity contribution is 5.96. The lowest BCUT2D eigenvalue weighted by molar-refractivity contribution is -0.139. The molecule has 1 aromatic carbocycles. The fourth-order valence-electron chi connectivity index (χ4n) is 2.62. The number of ketones is 1. The molecule has 1 saturated carbocycles. The Labute approximate surface area is 119 Å². The van der Waals surface area contributed by atoms with E-state index in [0.717, 1.165) is 12.8 Å². The van der Waals surface area contributed by atoms with E-state index in [1.165, 1.54) is 0 Å². The zero-order valence-corrected chi connectivity index (χ0v) is 11.8. The second-order valence-corrected chi connectivity index (χ2v) is 5.61. The number of rotatable bonds is 5. The second-order valence-electron chi connectivity index (χ2n) is 5.61. The first-order valence-corrected chi connectivity index (χ1v) is 7.13. The van der Waals surface area contributed by atoms with Crippen LogP contribution in [0.3, 0.4) is 0 Å². The molecule has 2 N–H and O–H groups in total. The van der Waals surface area contributed by atoms with Crippen molar-refractivity contribution in [3.8, 4) is 0 Å². The van der Waals surface area contributed by atoms with Crippen molar-refractivity contribution in [2.24, 2.45) is 0 Å². The third-order valence-corrected chi connectivity index (χ3v) is 3.82. The van der Waals surface area contributed by atoms with Crippen molar-refractivity contribution in [1.29, 1.82) is 0 Å². The molecule has 0 aromatic heterocycles. The summed E-state index contributed by atoms with van der Waals surface area (Å²) in [5.41, 5.74) is -0.586. The Morgan fingerprint density at radius 3 is 2.45 bits per heavy atom. The van der Waals surface area contributed by atoms with Crippen LogP contribution in [0, 0.1) is 0 Å². The number of Topliss-reactive ketones (excluding diaryl/α,β-unsaturated/α-hetero) is 1. The monoisotopic (exact) mass is 275 g/mol. The van der Waals surface area contributed by atoms with E-state index < -0.39 is 5.60 Å². The van der Waals surface area contributed by atoms with Crippen molar-refractivity contribution in [2.75, 3.05) is 0 Å². The third kappa shape index (κ3) is 3.45. The fourth-order valence-corrected chi connectivity index (χ4v) is 2.62. The summed E-state index contributed by atoms with van der Waals surface area (Å²) >= 11 is 0. The minimum atomic E-state index is -1.23. The molecule has 0 radical (unpaired) electrons. The van der Waals surface area contributed by atoms with Gasteiger partial charge >= 0.3 is 0 Å². The van der Waals surface area contributed by atoms with Gasteiger partial charge in [0, 0.05) is 18.0 Å². The number of carbonyl (C=O) groups excluding carboxylic acids is 2. The summed E-state index contributed by atoms with van der Waals surface area (Å²) in [6, 6.07) is 8.75. The summed E-state index contributed by atoms with van der Waals surface area (Å²) in [5, 5.41) is 12.9. The molecular weight excluding hydrogens is 254 g/mol. The highest BCUT2D eigenvalue weighted by atomic mass is 16.3. The smallest absolute Gasteiger partial charge is 0.252 e. The van der Waals surface area contributed by atoms with E-state index >= 15 is 0 Å². The van der Waals surface area contributed by atoms with E-state index in [0.29, 0.717) is 18.4 Å². The van der Waals surface area contributed by atoms with Crippen LogP contribution in [0.1, 0.15) is 49.4 Å². The van der Waals surface area contributed by atoms with Crippen LogP contribution in [-0.2, 0) is 4.79 Å². The van der Waals surface area contributed by atoms with Crippen molar-refractivity contribution in [3.63, 3.8) is 0 Å². The van der Waals surface area contributed by atoms with E-state index in [9.17, 15) is 14.7 Å². The summed E-state index contributed by atoms with van der Waals surface area (Å²) in [6.07, 6.45) is 3.02. The molecule has 4 heteroatoms. The number of benzene rings is 1. The van der Waals surface area contributed by atoms with Gasteiger partial charge in [-0.3, -0.25) is 9.59 Å². The van der Waals surface area contributed by atoms with Crippen LogP contribution in [0.5, 0.6) is 0 Å². The Morgan fingerprint density at radius 2 is 1.85 bits per heavy atom. The van der Waals surface area contributed by atoms with Gasteiger partial charge in [-0.1, -0.05) is 30.3 Å². The normalized spacial score (nSPS) is 18.5. The van der Waals surface area contributed by atoms with Crippen molar-refractivity contribution < 1.29 is 14.7 Å².